The first-order valence-corrected chi connectivity index (χ1v) is 5.46. The van der Waals surface area contributed by atoms with Crippen LogP contribution in [0.15, 0.2) is 11.3 Å². The molecule has 1 aliphatic heterocycles. The zero-order valence-electron chi connectivity index (χ0n) is 8.48. The van der Waals surface area contributed by atoms with Gasteiger partial charge in [0.15, 0.2) is 5.78 Å². The molecule has 0 fully saturated rings. The molecule has 0 aromatic carbocycles. The predicted molar refractivity (Wildman–Crippen MR) is 61.0 cm³/mol. The molecule has 13 heavy (non-hydrogen) atoms. The highest BCUT2D eigenvalue weighted by Crippen LogP contribution is 2.36. The van der Waals surface area contributed by atoms with Crippen molar-refractivity contribution in [2.75, 3.05) is 0 Å². The van der Waals surface area contributed by atoms with Crippen molar-refractivity contribution in [1.29, 1.82) is 0 Å². The molecule has 0 amide bonds. The van der Waals surface area contributed by atoms with Crippen LogP contribution in [0.2, 0.25) is 0 Å². The second kappa shape index (κ2) is 3.59. The van der Waals surface area contributed by atoms with Gasteiger partial charge in [0.2, 0.25) is 0 Å². The van der Waals surface area contributed by atoms with Crippen molar-refractivity contribution in [2.24, 2.45) is 0 Å². The molecule has 0 radical (unpaired) electrons. The molecule has 1 rings (SSSR count). The van der Waals surface area contributed by atoms with Crippen molar-refractivity contribution in [3.63, 3.8) is 0 Å². The van der Waals surface area contributed by atoms with Crippen LogP contribution in [0.3, 0.4) is 0 Å². The number of carbonyl (C=O) groups excluding carboxylic acids is 1. The summed E-state index contributed by atoms with van der Waals surface area (Å²) in [5.74, 6) is 0.947. The second-order valence-electron chi connectivity index (χ2n) is 3.97. The van der Waals surface area contributed by atoms with E-state index in [0.29, 0.717) is 0 Å². The van der Waals surface area contributed by atoms with Gasteiger partial charge >= 0.3 is 0 Å². The van der Waals surface area contributed by atoms with E-state index in [2.05, 4.69) is 36.4 Å². The van der Waals surface area contributed by atoms with Crippen molar-refractivity contribution in [3.05, 3.63) is 11.3 Å². The minimum atomic E-state index is 0.0796. The molecule has 0 N–H and O–H groups in total. The quantitative estimate of drug-likeness (QED) is 0.578. The molecule has 0 saturated heterocycles. The molecular weight excluding hydrogens is 279 g/mol. The molecule has 0 aromatic rings. The SMILES string of the molecule is CC(=O)C1=C(C)OC(C(C)(C)I)C1. The number of rotatable bonds is 2. The van der Waals surface area contributed by atoms with E-state index < -0.39 is 0 Å². The molecule has 74 valence electrons. The van der Waals surface area contributed by atoms with Gasteiger partial charge in [-0.3, -0.25) is 4.79 Å². The number of alkyl halides is 1. The lowest BCUT2D eigenvalue weighted by molar-refractivity contribution is -0.113. The molecule has 3 heteroatoms. The highest BCUT2D eigenvalue weighted by Gasteiger charge is 2.35. The molecular formula is C10H15IO2. The minimum absolute atomic E-state index is 0.0796. The zero-order chi connectivity index (χ0) is 10.2. The lowest BCUT2D eigenvalue weighted by Gasteiger charge is -2.24. The normalized spacial score (nSPS) is 23.3. The number of halogens is 1. The Kier molecular flexibility index (Phi) is 3.05. The summed E-state index contributed by atoms with van der Waals surface area (Å²) >= 11 is 2.36. The number of hydrogen-bond acceptors (Lipinski definition) is 2. The van der Waals surface area contributed by atoms with Gasteiger partial charge in [0, 0.05) is 12.0 Å². The first-order valence-electron chi connectivity index (χ1n) is 4.38. The second-order valence-corrected chi connectivity index (χ2v) is 6.75. The summed E-state index contributed by atoms with van der Waals surface area (Å²) in [5, 5.41) is 0. The lowest BCUT2D eigenvalue weighted by Crippen LogP contribution is -2.29. The molecule has 0 saturated carbocycles. The molecule has 1 unspecified atom stereocenters. The highest BCUT2D eigenvalue weighted by atomic mass is 127. The van der Waals surface area contributed by atoms with E-state index in [4.69, 9.17) is 4.74 Å². The van der Waals surface area contributed by atoms with Gasteiger partial charge in [0.05, 0.1) is 3.42 Å². The van der Waals surface area contributed by atoms with Gasteiger partial charge in [-0.25, -0.2) is 0 Å². The average Bonchev–Trinajstić information content (AvgIpc) is 2.29. The summed E-state index contributed by atoms with van der Waals surface area (Å²) < 4.78 is 5.73. The highest BCUT2D eigenvalue weighted by molar-refractivity contribution is 14.1. The smallest absolute Gasteiger partial charge is 0.159 e. The van der Waals surface area contributed by atoms with E-state index in [1.807, 2.05) is 6.92 Å². The molecule has 0 spiro atoms. The Bertz CT molecular complexity index is 261. The van der Waals surface area contributed by atoms with E-state index >= 15 is 0 Å². The fraction of sp³-hybridized carbons (Fsp3) is 0.700. The number of allylic oxidation sites excluding steroid dienone is 1. The summed E-state index contributed by atoms with van der Waals surface area (Å²) in [7, 11) is 0. The summed E-state index contributed by atoms with van der Waals surface area (Å²) in [6.07, 6.45) is 0.906. The summed E-state index contributed by atoms with van der Waals surface area (Å²) in [6.45, 7) is 7.72. The zero-order valence-corrected chi connectivity index (χ0v) is 10.6. The number of carbonyl (C=O) groups is 1. The van der Waals surface area contributed by atoms with Crippen molar-refractivity contribution in [2.45, 2.75) is 43.6 Å². The van der Waals surface area contributed by atoms with Crippen LogP contribution < -0.4 is 0 Å². The van der Waals surface area contributed by atoms with E-state index in [-0.39, 0.29) is 15.3 Å². The number of ether oxygens (including phenoxy) is 1. The fourth-order valence-corrected chi connectivity index (χ4v) is 1.78. The average molecular weight is 294 g/mol. The van der Waals surface area contributed by atoms with Crippen LogP contribution >= 0.6 is 22.6 Å². The van der Waals surface area contributed by atoms with E-state index in [1.165, 1.54) is 0 Å². The molecule has 0 aromatic heterocycles. The van der Waals surface area contributed by atoms with Crippen LogP contribution in [-0.2, 0) is 9.53 Å². The van der Waals surface area contributed by atoms with Crippen LogP contribution in [0.5, 0.6) is 0 Å². The number of Topliss-reactive ketones (excluding diaryl/α,β-unsaturated/α-hetero) is 1. The maximum Gasteiger partial charge on any atom is 0.159 e. The Labute approximate surface area is 92.9 Å². The van der Waals surface area contributed by atoms with Crippen molar-refractivity contribution >= 4 is 28.4 Å². The van der Waals surface area contributed by atoms with Crippen LogP contribution in [0.4, 0.5) is 0 Å². The number of ketones is 1. The Balaban J connectivity index is 2.75. The molecule has 1 heterocycles. The van der Waals surface area contributed by atoms with Crippen LogP contribution in [-0.4, -0.2) is 15.3 Å². The molecule has 1 atom stereocenters. The van der Waals surface area contributed by atoms with Crippen LogP contribution in [0.25, 0.3) is 0 Å². The van der Waals surface area contributed by atoms with Crippen molar-refractivity contribution in [1.82, 2.24) is 0 Å². The van der Waals surface area contributed by atoms with E-state index in [1.54, 1.807) is 6.92 Å². The summed E-state index contributed by atoms with van der Waals surface area (Å²) in [5.41, 5.74) is 0.856. The third-order valence-corrected chi connectivity index (χ3v) is 3.02. The van der Waals surface area contributed by atoms with E-state index in [9.17, 15) is 4.79 Å². The Morgan fingerprint density at radius 3 is 2.38 bits per heavy atom. The van der Waals surface area contributed by atoms with Gasteiger partial charge in [0.25, 0.3) is 0 Å². The van der Waals surface area contributed by atoms with E-state index in [0.717, 1.165) is 17.8 Å². The predicted octanol–water partition coefficient (Wildman–Crippen LogP) is 2.85. The summed E-state index contributed by atoms with van der Waals surface area (Å²) in [4.78, 5) is 11.2. The van der Waals surface area contributed by atoms with Gasteiger partial charge in [-0.15, -0.1) is 0 Å². The van der Waals surface area contributed by atoms with Gasteiger partial charge in [0.1, 0.15) is 11.9 Å². The third kappa shape index (κ3) is 2.45. The molecule has 0 bridgehead atoms. The Morgan fingerprint density at radius 2 is 2.15 bits per heavy atom. The summed E-state index contributed by atoms with van der Waals surface area (Å²) in [6, 6.07) is 0. The minimum Gasteiger partial charge on any atom is -0.493 e. The van der Waals surface area contributed by atoms with Crippen LogP contribution in [0.1, 0.15) is 34.1 Å². The fourth-order valence-electron chi connectivity index (χ4n) is 1.43. The van der Waals surface area contributed by atoms with Crippen molar-refractivity contribution < 1.29 is 9.53 Å². The largest absolute Gasteiger partial charge is 0.493 e. The number of hydrogen-bond donors (Lipinski definition) is 0. The standard InChI is InChI=1S/C10H15IO2/c1-6(12)8-5-9(10(3,4)11)13-7(8)2/h9H,5H2,1-4H3. The maximum atomic E-state index is 11.2. The Hall–Kier alpha value is -0.0600. The van der Waals surface area contributed by atoms with Crippen LogP contribution in [0, 0.1) is 0 Å². The molecule has 0 aliphatic carbocycles. The first-order chi connectivity index (χ1) is 5.82. The first kappa shape index (κ1) is 11.0. The van der Waals surface area contributed by atoms with Crippen molar-refractivity contribution in [3.8, 4) is 0 Å². The topological polar surface area (TPSA) is 26.3 Å². The Morgan fingerprint density at radius 1 is 1.62 bits per heavy atom. The van der Waals surface area contributed by atoms with Gasteiger partial charge < -0.3 is 4.74 Å². The molecule has 1 aliphatic rings. The van der Waals surface area contributed by atoms with Gasteiger partial charge in [-0.1, -0.05) is 22.6 Å². The monoisotopic (exact) mass is 294 g/mol. The maximum absolute atomic E-state index is 11.2. The third-order valence-electron chi connectivity index (χ3n) is 2.32. The molecule has 2 nitrogen and oxygen atoms in total. The van der Waals surface area contributed by atoms with Gasteiger partial charge in [-0.2, -0.15) is 0 Å². The lowest BCUT2D eigenvalue weighted by atomic mass is 9.99. The van der Waals surface area contributed by atoms with Gasteiger partial charge in [-0.05, 0) is 27.7 Å².